The van der Waals surface area contributed by atoms with Crippen LogP contribution >= 0.6 is 0 Å². The Bertz CT molecular complexity index is 407. The van der Waals surface area contributed by atoms with Crippen LogP contribution in [0.4, 0.5) is 8.78 Å². The molecule has 1 N–H and O–H groups in total. The molecule has 0 atom stereocenters. The Hall–Kier alpha value is -1.36. The quantitative estimate of drug-likeness (QED) is 0.902. The molecule has 0 aromatic heterocycles. The number of alkyl halides is 2. The summed E-state index contributed by atoms with van der Waals surface area (Å²) < 4.78 is 36.8. The van der Waals surface area contributed by atoms with E-state index in [9.17, 15) is 8.78 Å². The van der Waals surface area contributed by atoms with E-state index >= 15 is 0 Å². The van der Waals surface area contributed by atoms with Crippen LogP contribution in [0.15, 0.2) is 12.1 Å². The lowest BCUT2D eigenvalue weighted by molar-refractivity contribution is 0.149. The number of rotatable bonds is 4. The smallest absolute Gasteiger partial charge is 0.264 e. The molecule has 0 saturated carbocycles. The van der Waals surface area contributed by atoms with Crippen LogP contribution in [0.3, 0.4) is 0 Å². The zero-order valence-corrected chi connectivity index (χ0v) is 9.99. The summed E-state index contributed by atoms with van der Waals surface area (Å²) in [5, 5.41) is 8.80. The van der Waals surface area contributed by atoms with Gasteiger partial charge in [0, 0.05) is 18.6 Å². The number of benzene rings is 1. The summed E-state index contributed by atoms with van der Waals surface area (Å²) in [6.07, 6.45) is -0.938. The monoisotopic (exact) mass is 258 g/mol. The SMILES string of the molecule is OCCCc1cc2c(cc1C(F)F)OCCCO2. The predicted molar refractivity (Wildman–Crippen MR) is 62.4 cm³/mol. The van der Waals surface area contributed by atoms with E-state index in [1.807, 2.05) is 0 Å². The highest BCUT2D eigenvalue weighted by Gasteiger charge is 2.19. The highest BCUT2D eigenvalue weighted by molar-refractivity contribution is 5.48. The van der Waals surface area contributed by atoms with Crippen LogP contribution < -0.4 is 9.47 Å². The Morgan fingerprint density at radius 3 is 2.44 bits per heavy atom. The molecule has 1 aromatic carbocycles. The molecule has 1 aliphatic heterocycles. The summed E-state index contributed by atoms with van der Waals surface area (Å²) in [5.41, 5.74) is 0.482. The maximum Gasteiger partial charge on any atom is 0.264 e. The first-order valence-electron chi connectivity index (χ1n) is 6.04. The van der Waals surface area contributed by atoms with Crippen LogP contribution in [0.25, 0.3) is 0 Å². The first-order chi connectivity index (χ1) is 8.72. The third-order valence-electron chi connectivity index (χ3n) is 2.85. The van der Waals surface area contributed by atoms with E-state index in [0.717, 1.165) is 6.42 Å². The fourth-order valence-corrected chi connectivity index (χ4v) is 1.96. The Labute approximate surface area is 104 Å². The molecule has 1 aliphatic rings. The average Bonchev–Trinajstić information content (AvgIpc) is 2.59. The number of halogens is 2. The van der Waals surface area contributed by atoms with Gasteiger partial charge in [-0.15, -0.1) is 0 Å². The number of ether oxygens (including phenoxy) is 2. The van der Waals surface area contributed by atoms with Gasteiger partial charge in [-0.1, -0.05) is 0 Å². The van der Waals surface area contributed by atoms with E-state index in [1.165, 1.54) is 6.07 Å². The van der Waals surface area contributed by atoms with Gasteiger partial charge in [0.15, 0.2) is 11.5 Å². The second-order valence-corrected chi connectivity index (χ2v) is 4.18. The predicted octanol–water partition coefficient (Wildman–Crippen LogP) is 2.71. The van der Waals surface area contributed by atoms with E-state index in [4.69, 9.17) is 14.6 Å². The van der Waals surface area contributed by atoms with Gasteiger partial charge in [-0.25, -0.2) is 8.78 Å². The summed E-state index contributed by atoms with van der Waals surface area (Å²) in [7, 11) is 0. The van der Waals surface area contributed by atoms with Gasteiger partial charge in [0.05, 0.1) is 13.2 Å². The molecule has 1 aromatic rings. The molecule has 0 bridgehead atoms. The summed E-state index contributed by atoms with van der Waals surface area (Å²) in [5.74, 6) is 0.903. The molecule has 0 aliphatic carbocycles. The second-order valence-electron chi connectivity index (χ2n) is 4.18. The lowest BCUT2D eigenvalue weighted by atomic mass is 10.0. The maximum absolute atomic E-state index is 13.0. The zero-order chi connectivity index (χ0) is 13.0. The molecule has 0 saturated heterocycles. The molecule has 0 amide bonds. The van der Waals surface area contributed by atoms with Gasteiger partial charge in [-0.3, -0.25) is 0 Å². The molecule has 5 heteroatoms. The average molecular weight is 258 g/mol. The maximum atomic E-state index is 13.0. The van der Waals surface area contributed by atoms with Crippen LogP contribution in [0.2, 0.25) is 0 Å². The van der Waals surface area contributed by atoms with Gasteiger partial charge >= 0.3 is 0 Å². The number of aliphatic hydroxyl groups excluding tert-OH is 1. The minimum atomic E-state index is -2.55. The molecule has 0 unspecified atom stereocenters. The second kappa shape index (κ2) is 6.00. The van der Waals surface area contributed by atoms with Gasteiger partial charge in [-0.05, 0) is 30.5 Å². The standard InChI is InChI=1S/C13H16F2O3/c14-13(15)10-8-12-11(17-5-2-6-18-12)7-9(10)3-1-4-16/h7-8,13,16H,1-6H2. The minimum Gasteiger partial charge on any atom is -0.490 e. The largest absolute Gasteiger partial charge is 0.490 e. The summed E-state index contributed by atoms with van der Waals surface area (Å²) in [4.78, 5) is 0. The van der Waals surface area contributed by atoms with Gasteiger partial charge in [-0.2, -0.15) is 0 Å². The van der Waals surface area contributed by atoms with Crippen molar-refractivity contribution in [2.75, 3.05) is 19.8 Å². The van der Waals surface area contributed by atoms with Gasteiger partial charge in [0.1, 0.15) is 0 Å². The van der Waals surface area contributed by atoms with Crippen LogP contribution in [-0.4, -0.2) is 24.9 Å². The van der Waals surface area contributed by atoms with Crippen molar-refractivity contribution in [2.24, 2.45) is 0 Å². The van der Waals surface area contributed by atoms with Gasteiger partial charge < -0.3 is 14.6 Å². The minimum absolute atomic E-state index is 0.0167. The Balaban J connectivity index is 2.34. The van der Waals surface area contributed by atoms with Crippen molar-refractivity contribution in [3.63, 3.8) is 0 Å². The Kier molecular flexibility index (Phi) is 4.36. The van der Waals surface area contributed by atoms with Crippen LogP contribution in [0.5, 0.6) is 11.5 Å². The molecule has 0 fully saturated rings. The van der Waals surface area contributed by atoms with Crippen molar-refractivity contribution in [1.82, 2.24) is 0 Å². The highest BCUT2D eigenvalue weighted by atomic mass is 19.3. The number of aryl methyl sites for hydroxylation is 1. The topological polar surface area (TPSA) is 38.7 Å². The molecular weight excluding hydrogens is 242 g/mol. The molecule has 100 valence electrons. The number of hydrogen-bond donors (Lipinski definition) is 1. The normalized spacial score (nSPS) is 14.7. The van der Waals surface area contributed by atoms with E-state index in [2.05, 4.69) is 0 Å². The molecular formula is C13H16F2O3. The number of fused-ring (bicyclic) bond motifs is 1. The van der Waals surface area contributed by atoms with Crippen LogP contribution in [0, 0.1) is 0 Å². The Morgan fingerprint density at radius 2 is 1.83 bits per heavy atom. The van der Waals surface area contributed by atoms with E-state index in [0.29, 0.717) is 43.1 Å². The Morgan fingerprint density at radius 1 is 1.17 bits per heavy atom. The van der Waals surface area contributed by atoms with Gasteiger partial charge in [0.25, 0.3) is 6.43 Å². The van der Waals surface area contributed by atoms with Crippen molar-refractivity contribution in [3.05, 3.63) is 23.3 Å². The van der Waals surface area contributed by atoms with E-state index in [1.54, 1.807) is 6.07 Å². The molecule has 18 heavy (non-hydrogen) atoms. The van der Waals surface area contributed by atoms with Gasteiger partial charge in [0.2, 0.25) is 0 Å². The van der Waals surface area contributed by atoms with E-state index < -0.39 is 6.43 Å². The highest BCUT2D eigenvalue weighted by Crippen LogP contribution is 2.37. The van der Waals surface area contributed by atoms with Crippen molar-refractivity contribution in [2.45, 2.75) is 25.7 Å². The van der Waals surface area contributed by atoms with Crippen LogP contribution in [0.1, 0.15) is 30.4 Å². The lowest BCUT2D eigenvalue weighted by Gasteiger charge is -2.14. The third-order valence-corrected chi connectivity index (χ3v) is 2.85. The molecule has 0 radical (unpaired) electrons. The van der Waals surface area contributed by atoms with Crippen molar-refractivity contribution in [3.8, 4) is 11.5 Å². The summed E-state index contributed by atoms with van der Waals surface area (Å²) in [6, 6.07) is 2.97. The number of hydrogen-bond acceptors (Lipinski definition) is 3. The molecule has 1 heterocycles. The van der Waals surface area contributed by atoms with Crippen molar-refractivity contribution < 1.29 is 23.4 Å². The zero-order valence-electron chi connectivity index (χ0n) is 9.99. The van der Waals surface area contributed by atoms with E-state index in [-0.39, 0.29) is 12.2 Å². The molecule has 3 nitrogen and oxygen atoms in total. The van der Waals surface area contributed by atoms with Crippen LogP contribution in [-0.2, 0) is 6.42 Å². The third kappa shape index (κ3) is 2.90. The lowest BCUT2D eigenvalue weighted by Crippen LogP contribution is -2.00. The fourth-order valence-electron chi connectivity index (χ4n) is 1.96. The first kappa shape index (κ1) is 13.1. The molecule has 0 spiro atoms. The first-order valence-corrected chi connectivity index (χ1v) is 6.04. The summed E-state index contributed by atoms with van der Waals surface area (Å²) >= 11 is 0. The number of aliphatic hydroxyl groups is 1. The van der Waals surface area contributed by atoms with Crippen molar-refractivity contribution >= 4 is 0 Å². The fraction of sp³-hybridized carbons (Fsp3) is 0.538. The summed E-state index contributed by atoms with van der Waals surface area (Å²) in [6.45, 7) is 0.989. The molecule has 2 rings (SSSR count). The van der Waals surface area contributed by atoms with Crippen molar-refractivity contribution in [1.29, 1.82) is 0 Å².